The molecule has 2 amide bonds. The van der Waals surface area contributed by atoms with Gasteiger partial charge < -0.3 is 15.5 Å². The lowest BCUT2D eigenvalue weighted by molar-refractivity contribution is -0.126. The van der Waals surface area contributed by atoms with Gasteiger partial charge in [-0.2, -0.15) is 0 Å². The molecule has 124 valence electrons. The molecule has 5 nitrogen and oxygen atoms in total. The van der Waals surface area contributed by atoms with Crippen LogP contribution >= 0.6 is 0 Å². The van der Waals surface area contributed by atoms with Crippen molar-refractivity contribution in [2.45, 2.75) is 44.7 Å². The van der Waals surface area contributed by atoms with Crippen LogP contribution in [0, 0.1) is 12.7 Å². The van der Waals surface area contributed by atoms with Crippen LogP contribution in [0.15, 0.2) is 18.2 Å². The highest BCUT2D eigenvalue weighted by Crippen LogP contribution is 2.24. The summed E-state index contributed by atoms with van der Waals surface area (Å²) in [6.45, 7) is 3.51. The van der Waals surface area contributed by atoms with Gasteiger partial charge in [0.1, 0.15) is 11.9 Å². The van der Waals surface area contributed by atoms with Crippen molar-refractivity contribution >= 4 is 17.5 Å². The van der Waals surface area contributed by atoms with Gasteiger partial charge in [-0.05, 0) is 49.9 Å². The van der Waals surface area contributed by atoms with Crippen LogP contribution in [0.25, 0.3) is 0 Å². The zero-order valence-electron chi connectivity index (χ0n) is 13.3. The molecule has 23 heavy (non-hydrogen) atoms. The van der Waals surface area contributed by atoms with Crippen molar-refractivity contribution in [2.24, 2.45) is 0 Å². The van der Waals surface area contributed by atoms with Gasteiger partial charge in [0.15, 0.2) is 0 Å². The lowest BCUT2D eigenvalue weighted by Gasteiger charge is -2.36. The monoisotopic (exact) mass is 319 g/mol. The Labute approximate surface area is 135 Å². The van der Waals surface area contributed by atoms with Crippen molar-refractivity contribution in [1.29, 1.82) is 0 Å². The molecule has 1 aromatic carbocycles. The average Bonchev–Trinajstić information content (AvgIpc) is 2.94. The highest BCUT2D eigenvalue weighted by atomic mass is 19.1. The molecule has 6 heteroatoms. The molecule has 0 spiro atoms. The number of anilines is 1. The van der Waals surface area contributed by atoms with Gasteiger partial charge in [-0.15, -0.1) is 0 Å². The van der Waals surface area contributed by atoms with E-state index in [4.69, 9.17) is 0 Å². The molecule has 2 aliphatic rings. The molecule has 2 N–H and O–H groups in total. The summed E-state index contributed by atoms with van der Waals surface area (Å²) in [5.41, 5.74) is 1.92. The van der Waals surface area contributed by atoms with Crippen LogP contribution in [0.2, 0.25) is 0 Å². The smallest absolute Gasteiger partial charge is 0.242 e. The molecular weight excluding hydrogens is 297 g/mol. The summed E-state index contributed by atoms with van der Waals surface area (Å²) in [6.07, 6.45) is 2.88. The summed E-state index contributed by atoms with van der Waals surface area (Å²) in [6, 6.07) is 4.46. The maximum atomic E-state index is 13.3. The largest absolute Gasteiger partial charge is 0.369 e. The van der Waals surface area contributed by atoms with Crippen LogP contribution in [0.4, 0.5) is 10.1 Å². The number of nitrogens with one attached hydrogen (secondary N) is 2. The summed E-state index contributed by atoms with van der Waals surface area (Å²) < 4.78 is 13.3. The average molecular weight is 319 g/mol. The van der Waals surface area contributed by atoms with Crippen LogP contribution in [0.1, 0.15) is 31.2 Å². The molecule has 2 aliphatic heterocycles. The fraction of sp³-hybridized carbons (Fsp3) is 0.529. The number of piperidine rings is 1. The predicted molar refractivity (Wildman–Crippen MR) is 85.7 cm³/mol. The summed E-state index contributed by atoms with van der Waals surface area (Å²) >= 11 is 0. The number of amides is 2. The third kappa shape index (κ3) is 3.63. The Balaban J connectivity index is 1.62. The van der Waals surface area contributed by atoms with Crippen molar-refractivity contribution < 1.29 is 14.0 Å². The molecule has 2 saturated heterocycles. The summed E-state index contributed by atoms with van der Waals surface area (Å²) in [4.78, 5) is 25.6. The quantitative estimate of drug-likeness (QED) is 0.887. The molecule has 2 fully saturated rings. The Bertz CT molecular complexity index is 620. The Morgan fingerprint density at radius 2 is 2.22 bits per heavy atom. The number of halogens is 1. The van der Waals surface area contributed by atoms with E-state index in [0.29, 0.717) is 19.4 Å². The van der Waals surface area contributed by atoms with Crippen molar-refractivity contribution in [3.8, 4) is 0 Å². The van der Waals surface area contributed by atoms with Crippen molar-refractivity contribution in [3.05, 3.63) is 29.6 Å². The molecule has 0 saturated carbocycles. The first kappa shape index (κ1) is 15.8. The molecular formula is C17H22FN3O2. The van der Waals surface area contributed by atoms with E-state index in [1.165, 1.54) is 12.1 Å². The minimum absolute atomic E-state index is 0.0539. The van der Waals surface area contributed by atoms with Crippen LogP contribution in [-0.2, 0) is 9.59 Å². The predicted octanol–water partition coefficient (Wildman–Crippen LogP) is 1.50. The highest BCUT2D eigenvalue weighted by Gasteiger charge is 2.30. The van der Waals surface area contributed by atoms with Crippen molar-refractivity contribution in [2.75, 3.05) is 18.0 Å². The number of benzene rings is 1. The molecule has 3 rings (SSSR count). The van der Waals surface area contributed by atoms with E-state index in [1.807, 2.05) is 6.92 Å². The van der Waals surface area contributed by atoms with Gasteiger partial charge >= 0.3 is 0 Å². The fourth-order valence-electron chi connectivity index (χ4n) is 3.40. The third-order valence-electron chi connectivity index (χ3n) is 4.58. The molecule has 2 heterocycles. The summed E-state index contributed by atoms with van der Waals surface area (Å²) in [7, 11) is 0. The van der Waals surface area contributed by atoms with Crippen molar-refractivity contribution in [3.63, 3.8) is 0 Å². The SMILES string of the molecule is Cc1cc(F)ccc1N1CCCC(NC(=O)[C@H]2CCC(=O)N2)C1. The second-order valence-corrected chi connectivity index (χ2v) is 6.38. The van der Waals surface area contributed by atoms with Crippen molar-refractivity contribution in [1.82, 2.24) is 10.6 Å². The van der Waals surface area contributed by atoms with Gasteiger partial charge in [-0.25, -0.2) is 4.39 Å². The van der Waals surface area contributed by atoms with Gasteiger partial charge in [0.05, 0.1) is 0 Å². The van der Waals surface area contributed by atoms with Gasteiger partial charge in [-0.3, -0.25) is 9.59 Å². The summed E-state index contributed by atoms with van der Waals surface area (Å²) in [5, 5.41) is 5.74. The Morgan fingerprint density at radius 3 is 2.91 bits per heavy atom. The van der Waals surface area contributed by atoms with E-state index in [1.54, 1.807) is 6.07 Å². The van der Waals surface area contributed by atoms with Crippen LogP contribution in [0.5, 0.6) is 0 Å². The molecule has 1 unspecified atom stereocenters. The minimum Gasteiger partial charge on any atom is -0.369 e. The van der Waals surface area contributed by atoms with E-state index >= 15 is 0 Å². The fourth-order valence-corrected chi connectivity index (χ4v) is 3.40. The molecule has 0 aliphatic carbocycles. The van der Waals surface area contributed by atoms with Gasteiger partial charge in [0, 0.05) is 31.2 Å². The zero-order chi connectivity index (χ0) is 16.4. The number of carbonyl (C=O) groups is 2. The Hall–Kier alpha value is -2.11. The number of hydrogen-bond acceptors (Lipinski definition) is 3. The van der Waals surface area contributed by atoms with E-state index in [-0.39, 0.29) is 23.7 Å². The lowest BCUT2D eigenvalue weighted by Crippen LogP contribution is -2.52. The van der Waals surface area contributed by atoms with Crippen LogP contribution in [-0.4, -0.2) is 37.0 Å². The first-order valence-corrected chi connectivity index (χ1v) is 8.14. The van der Waals surface area contributed by atoms with Gasteiger partial charge in [0.2, 0.25) is 11.8 Å². The maximum absolute atomic E-state index is 13.3. The number of nitrogens with zero attached hydrogens (tertiary/aromatic N) is 1. The Morgan fingerprint density at radius 1 is 1.39 bits per heavy atom. The molecule has 1 aromatic rings. The number of hydrogen-bond donors (Lipinski definition) is 2. The molecule has 2 atom stereocenters. The number of rotatable bonds is 3. The Kier molecular flexibility index (Phi) is 4.50. The van der Waals surface area contributed by atoms with E-state index in [0.717, 1.165) is 30.6 Å². The molecule has 0 aromatic heterocycles. The second kappa shape index (κ2) is 6.56. The second-order valence-electron chi connectivity index (χ2n) is 6.38. The summed E-state index contributed by atoms with van der Waals surface area (Å²) in [5.74, 6) is -0.388. The van der Waals surface area contributed by atoms with E-state index in [2.05, 4.69) is 15.5 Å². The first-order chi connectivity index (χ1) is 11.0. The normalized spacial score (nSPS) is 24.4. The van der Waals surface area contributed by atoms with Gasteiger partial charge in [-0.1, -0.05) is 0 Å². The number of aryl methyl sites for hydroxylation is 1. The molecule has 0 radical (unpaired) electrons. The third-order valence-corrected chi connectivity index (χ3v) is 4.58. The number of carbonyl (C=O) groups excluding carboxylic acids is 2. The lowest BCUT2D eigenvalue weighted by atomic mass is 10.0. The topological polar surface area (TPSA) is 61.4 Å². The first-order valence-electron chi connectivity index (χ1n) is 8.14. The van der Waals surface area contributed by atoms with Crippen LogP contribution in [0.3, 0.4) is 0 Å². The minimum atomic E-state index is -0.398. The zero-order valence-corrected chi connectivity index (χ0v) is 13.3. The highest BCUT2D eigenvalue weighted by molar-refractivity contribution is 5.90. The van der Waals surface area contributed by atoms with Crippen LogP contribution < -0.4 is 15.5 Å². The van der Waals surface area contributed by atoms with Gasteiger partial charge in [0.25, 0.3) is 0 Å². The van der Waals surface area contributed by atoms with E-state index < -0.39 is 6.04 Å². The maximum Gasteiger partial charge on any atom is 0.242 e. The standard InChI is InChI=1S/C17H22FN3O2/c1-11-9-12(18)4-6-15(11)21-8-2-3-13(10-21)19-17(23)14-5-7-16(22)20-14/h4,6,9,13-14H,2-3,5,7-8,10H2,1H3,(H,19,23)(H,20,22)/t13?,14-/m1/s1. The molecule has 0 bridgehead atoms. The van der Waals surface area contributed by atoms with E-state index in [9.17, 15) is 14.0 Å².